The molecule has 0 saturated heterocycles. The number of nitro benzene ring substituents is 1. The minimum atomic E-state index is -3.81. The summed E-state index contributed by atoms with van der Waals surface area (Å²) in [5.74, 6) is 0.528. The average Bonchev–Trinajstić information content (AvgIpc) is 3.19. The second-order valence-electron chi connectivity index (χ2n) is 7.06. The lowest BCUT2D eigenvalue weighted by atomic mass is 10.1. The van der Waals surface area contributed by atoms with Crippen molar-refractivity contribution in [3.63, 3.8) is 0 Å². The first-order chi connectivity index (χ1) is 10.5. The van der Waals surface area contributed by atoms with Crippen molar-refractivity contribution in [3.05, 3.63) is 28.3 Å². The van der Waals surface area contributed by atoms with Gasteiger partial charge in [-0.2, -0.15) is 0 Å². The summed E-state index contributed by atoms with van der Waals surface area (Å²) in [4.78, 5) is 10.6. The highest BCUT2D eigenvalue weighted by molar-refractivity contribution is 7.89. The van der Waals surface area contributed by atoms with Gasteiger partial charge in [0, 0.05) is 17.6 Å². The van der Waals surface area contributed by atoms with Crippen molar-refractivity contribution < 1.29 is 13.3 Å². The van der Waals surface area contributed by atoms with Gasteiger partial charge in [0.05, 0.1) is 9.82 Å². The van der Waals surface area contributed by atoms with Crippen LogP contribution in [0.15, 0.2) is 23.1 Å². The first-order valence-electron chi connectivity index (χ1n) is 7.58. The Morgan fingerprint density at radius 1 is 1.30 bits per heavy atom. The van der Waals surface area contributed by atoms with E-state index in [-0.39, 0.29) is 16.6 Å². The van der Waals surface area contributed by atoms with Crippen LogP contribution < -0.4 is 10.0 Å². The van der Waals surface area contributed by atoms with Crippen LogP contribution in [0.25, 0.3) is 0 Å². The topological polar surface area (TPSA) is 101 Å². The fourth-order valence-corrected chi connectivity index (χ4v) is 3.81. The third kappa shape index (κ3) is 4.65. The molecule has 2 N–H and O–H groups in total. The number of anilines is 1. The lowest BCUT2D eigenvalue weighted by Crippen LogP contribution is -2.40. The van der Waals surface area contributed by atoms with Crippen molar-refractivity contribution in [3.8, 4) is 0 Å². The SMILES string of the molecule is C[C@H](Nc1ccc(S(=O)(=O)NC(C)(C)C)cc1[N+](=O)[O-])C1CC1. The average molecular weight is 341 g/mol. The Hall–Kier alpha value is -1.67. The van der Waals surface area contributed by atoms with Crippen LogP contribution in [0.2, 0.25) is 0 Å². The molecule has 0 radical (unpaired) electrons. The van der Waals surface area contributed by atoms with Crippen LogP contribution in [-0.2, 0) is 10.0 Å². The van der Waals surface area contributed by atoms with E-state index in [9.17, 15) is 18.5 Å². The van der Waals surface area contributed by atoms with Crippen LogP contribution in [0, 0.1) is 16.0 Å². The standard InChI is InChI=1S/C15H23N3O4S/c1-10(11-5-6-11)16-13-8-7-12(9-14(13)18(19)20)23(21,22)17-15(2,3)4/h7-11,16-17H,5-6H2,1-4H3/t10-/m0/s1. The van der Waals surface area contributed by atoms with E-state index in [0.717, 1.165) is 18.9 Å². The number of nitrogens with one attached hydrogen (secondary N) is 2. The molecule has 1 saturated carbocycles. The Labute approximate surface area is 136 Å². The predicted octanol–water partition coefficient (Wildman–Crippen LogP) is 2.88. The quantitative estimate of drug-likeness (QED) is 0.612. The highest BCUT2D eigenvalue weighted by Gasteiger charge is 2.30. The molecule has 0 amide bonds. The molecule has 1 atom stereocenters. The molecule has 0 bridgehead atoms. The Morgan fingerprint density at radius 3 is 2.39 bits per heavy atom. The van der Waals surface area contributed by atoms with Gasteiger partial charge in [-0.3, -0.25) is 10.1 Å². The maximum absolute atomic E-state index is 12.3. The third-order valence-electron chi connectivity index (χ3n) is 3.63. The van der Waals surface area contributed by atoms with E-state index >= 15 is 0 Å². The number of nitrogens with zero attached hydrogens (tertiary/aromatic N) is 1. The van der Waals surface area contributed by atoms with Crippen molar-refractivity contribution in [2.24, 2.45) is 5.92 Å². The van der Waals surface area contributed by atoms with Crippen molar-refractivity contribution in [1.82, 2.24) is 4.72 Å². The van der Waals surface area contributed by atoms with E-state index in [0.29, 0.717) is 11.6 Å². The summed E-state index contributed by atoms with van der Waals surface area (Å²) in [5.41, 5.74) is -0.538. The number of nitro groups is 1. The van der Waals surface area contributed by atoms with Crippen molar-refractivity contribution in [2.75, 3.05) is 5.32 Å². The highest BCUT2D eigenvalue weighted by Crippen LogP contribution is 2.36. The first kappa shape index (κ1) is 17.7. The summed E-state index contributed by atoms with van der Waals surface area (Å²) in [5, 5.41) is 14.4. The van der Waals surface area contributed by atoms with E-state index < -0.39 is 20.5 Å². The van der Waals surface area contributed by atoms with Crippen LogP contribution in [0.5, 0.6) is 0 Å². The molecule has 0 aromatic heterocycles. The van der Waals surface area contributed by atoms with Crippen molar-refractivity contribution in [1.29, 1.82) is 0 Å². The molecule has 1 aliphatic rings. The monoisotopic (exact) mass is 341 g/mol. The van der Waals surface area contributed by atoms with Crippen LogP contribution >= 0.6 is 0 Å². The van der Waals surface area contributed by atoms with E-state index in [2.05, 4.69) is 10.0 Å². The van der Waals surface area contributed by atoms with Crippen LogP contribution in [-0.4, -0.2) is 24.9 Å². The van der Waals surface area contributed by atoms with Gasteiger partial charge >= 0.3 is 0 Å². The predicted molar refractivity (Wildman–Crippen MR) is 89.0 cm³/mol. The summed E-state index contributed by atoms with van der Waals surface area (Å²) < 4.78 is 27.1. The van der Waals surface area contributed by atoms with E-state index in [1.807, 2.05) is 6.92 Å². The molecule has 1 fully saturated rings. The Kier molecular flexibility index (Phi) is 4.68. The zero-order chi connectivity index (χ0) is 17.4. The molecule has 128 valence electrons. The van der Waals surface area contributed by atoms with Gasteiger partial charge in [-0.1, -0.05) is 0 Å². The normalized spacial score (nSPS) is 16.9. The van der Waals surface area contributed by atoms with Crippen LogP contribution in [0.4, 0.5) is 11.4 Å². The molecule has 7 nitrogen and oxygen atoms in total. The number of sulfonamides is 1. The zero-order valence-electron chi connectivity index (χ0n) is 13.8. The number of benzene rings is 1. The summed E-state index contributed by atoms with van der Waals surface area (Å²) >= 11 is 0. The summed E-state index contributed by atoms with van der Waals surface area (Å²) in [6, 6.07) is 4.09. The molecule has 1 aromatic carbocycles. The first-order valence-corrected chi connectivity index (χ1v) is 9.07. The van der Waals surface area contributed by atoms with Gasteiger partial charge in [0.1, 0.15) is 5.69 Å². The lowest BCUT2D eigenvalue weighted by molar-refractivity contribution is -0.384. The molecule has 2 rings (SSSR count). The third-order valence-corrected chi connectivity index (χ3v) is 5.38. The van der Waals surface area contributed by atoms with Crippen molar-refractivity contribution >= 4 is 21.4 Å². The van der Waals surface area contributed by atoms with Gasteiger partial charge in [0.2, 0.25) is 10.0 Å². The molecule has 0 aliphatic heterocycles. The molecule has 0 spiro atoms. The van der Waals surface area contributed by atoms with Gasteiger partial charge in [-0.05, 0) is 58.6 Å². The van der Waals surface area contributed by atoms with Gasteiger partial charge in [0.25, 0.3) is 5.69 Å². The van der Waals surface area contributed by atoms with Gasteiger partial charge < -0.3 is 5.32 Å². The minimum absolute atomic E-state index is 0.108. The fraction of sp³-hybridized carbons (Fsp3) is 0.600. The molecular formula is C15H23N3O4S. The largest absolute Gasteiger partial charge is 0.377 e. The summed E-state index contributed by atoms with van der Waals surface area (Å²) in [6.45, 7) is 7.12. The maximum atomic E-state index is 12.3. The second-order valence-corrected chi connectivity index (χ2v) is 8.74. The summed E-state index contributed by atoms with van der Waals surface area (Å²) in [6.07, 6.45) is 2.23. The van der Waals surface area contributed by atoms with E-state index in [1.54, 1.807) is 20.8 Å². The molecule has 1 aromatic rings. The van der Waals surface area contributed by atoms with Crippen LogP contribution in [0.1, 0.15) is 40.5 Å². The molecular weight excluding hydrogens is 318 g/mol. The Balaban J connectivity index is 2.33. The Morgan fingerprint density at radius 2 is 1.91 bits per heavy atom. The molecule has 0 unspecified atom stereocenters. The molecule has 8 heteroatoms. The maximum Gasteiger partial charge on any atom is 0.293 e. The fourth-order valence-electron chi connectivity index (χ4n) is 2.37. The summed E-state index contributed by atoms with van der Waals surface area (Å²) in [7, 11) is -3.81. The van der Waals surface area contributed by atoms with Gasteiger partial charge in [-0.15, -0.1) is 0 Å². The minimum Gasteiger partial charge on any atom is -0.377 e. The van der Waals surface area contributed by atoms with Gasteiger partial charge in [0.15, 0.2) is 0 Å². The van der Waals surface area contributed by atoms with E-state index in [1.165, 1.54) is 12.1 Å². The van der Waals surface area contributed by atoms with Gasteiger partial charge in [-0.25, -0.2) is 13.1 Å². The zero-order valence-corrected chi connectivity index (χ0v) is 14.6. The molecule has 0 heterocycles. The lowest BCUT2D eigenvalue weighted by Gasteiger charge is -2.20. The molecule has 23 heavy (non-hydrogen) atoms. The van der Waals surface area contributed by atoms with Crippen molar-refractivity contribution in [2.45, 2.75) is 57.0 Å². The van der Waals surface area contributed by atoms with Crippen LogP contribution in [0.3, 0.4) is 0 Å². The Bertz CT molecular complexity index is 706. The number of hydrogen-bond acceptors (Lipinski definition) is 5. The molecule has 1 aliphatic carbocycles. The highest BCUT2D eigenvalue weighted by atomic mass is 32.2. The number of hydrogen-bond donors (Lipinski definition) is 2. The second kappa shape index (κ2) is 6.09. The number of rotatable bonds is 6. The smallest absolute Gasteiger partial charge is 0.293 e. The van der Waals surface area contributed by atoms with E-state index in [4.69, 9.17) is 0 Å².